The van der Waals surface area contributed by atoms with Crippen LogP contribution in [-0.4, -0.2) is 45.9 Å². The topological polar surface area (TPSA) is 115 Å². The zero-order chi connectivity index (χ0) is 22.2. The summed E-state index contributed by atoms with van der Waals surface area (Å²) in [6.07, 6.45) is 11.4. The average Bonchev–Trinajstić information content (AvgIpc) is 3.08. The van der Waals surface area contributed by atoms with Crippen molar-refractivity contribution < 1.29 is 19.1 Å². The maximum atomic E-state index is 13.1. The summed E-state index contributed by atoms with van der Waals surface area (Å²) in [4.78, 5) is 43.0. The van der Waals surface area contributed by atoms with E-state index in [4.69, 9.17) is 10.5 Å². The van der Waals surface area contributed by atoms with Gasteiger partial charge in [-0.3, -0.25) is 14.5 Å². The van der Waals surface area contributed by atoms with E-state index in [0.717, 1.165) is 18.3 Å². The maximum Gasteiger partial charge on any atom is 0.325 e. The van der Waals surface area contributed by atoms with E-state index in [0.29, 0.717) is 31.6 Å². The maximum absolute atomic E-state index is 13.1. The number of imide groups is 1. The first-order chi connectivity index (χ1) is 15.5. The van der Waals surface area contributed by atoms with Crippen LogP contribution in [0.5, 0.6) is 5.88 Å². The first-order valence-corrected chi connectivity index (χ1v) is 12.0. The average molecular weight is 441 g/mol. The smallest absolute Gasteiger partial charge is 0.325 e. The molecule has 2 heterocycles. The summed E-state index contributed by atoms with van der Waals surface area (Å²) < 4.78 is 5.95. The van der Waals surface area contributed by atoms with Gasteiger partial charge in [-0.1, -0.05) is 12.8 Å². The summed E-state index contributed by atoms with van der Waals surface area (Å²) in [6, 6.07) is 2.53. The molecule has 172 valence electrons. The SMILES string of the molecule is NC(=O)c1cccnc1OC1CCC(N2C(=O)NC(CC3CC4CCC3CC4)C2=O)CC1. The molecule has 1 aliphatic heterocycles. The van der Waals surface area contributed by atoms with Gasteiger partial charge < -0.3 is 15.8 Å². The Morgan fingerprint density at radius 2 is 1.88 bits per heavy atom. The van der Waals surface area contributed by atoms with Crippen LogP contribution in [-0.2, 0) is 4.79 Å². The van der Waals surface area contributed by atoms with E-state index in [-0.39, 0.29) is 41.6 Å². The number of carbonyl (C=O) groups is 3. The van der Waals surface area contributed by atoms with Crippen LogP contribution < -0.4 is 15.8 Å². The normalized spacial score (nSPS) is 34.4. The highest BCUT2D eigenvalue weighted by Crippen LogP contribution is 2.47. The molecule has 3 N–H and O–H groups in total. The number of rotatable bonds is 6. The fourth-order valence-electron chi connectivity index (χ4n) is 6.41. The summed E-state index contributed by atoms with van der Waals surface area (Å²) in [5.41, 5.74) is 5.67. The number of primary amides is 1. The Morgan fingerprint density at radius 1 is 1.12 bits per heavy atom. The Labute approximate surface area is 188 Å². The molecule has 0 spiro atoms. The van der Waals surface area contributed by atoms with E-state index < -0.39 is 5.91 Å². The van der Waals surface area contributed by atoms with Crippen LogP contribution >= 0.6 is 0 Å². The fourth-order valence-corrected chi connectivity index (χ4v) is 6.41. The van der Waals surface area contributed by atoms with Crippen molar-refractivity contribution in [2.24, 2.45) is 23.5 Å². The Balaban J connectivity index is 1.16. The van der Waals surface area contributed by atoms with Crippen molar-refractivity contribution in [3.63, 3.8) is 0 Å². The van der Waals surface area contributed by atoms with Crippen molar-refractivity contribution in [1.29, 1.82) is 0 Å². The number of urea groups is 1. The Bertz CT molecular complexity index is 890. The molecule has 4 amide bonds. The lowest BCUT2D eigenvalue weighted by Crippen LogP contribution is -2.44. The molecular formula is C24H32N4O4. The highest BCUT2D eigenvalue weighted by molar-refractivity contribution is 6.04. The van der Waals surface area contributed by atoms with Gasteiger partial charge in [-0.15, -0.1) is 0 Å². The van der Waals surface area contributed by atoms with Gasteiger partial charge in [0.05, 0.1) is 0 Å². The molecule has 2 atom stereocenters. The lowest BCUT2D eigenvalue weighted by molar-refractivity contribution is -0.130. The van der Waals surface area contributed by atoms with Gasteiger partial charge in [0.15, 0.2) is 0 Å². The molecule has 6 rings (SSSR count). The van der Waals surface area contributed by atoms with Gasteiger partial charge in [-0.2, -0.15) is 0 Å². The highest BCUT2D eigenvalue weighted by atomic mass is 16.5. The second-order valence-electron chi connectivity index (χ2n) is 9.99. The van der Waals surface area contributed by atoms with Crippen molar-refractivity contribution in [2.45, 2.75) is 82.4 Å². The van der Waals surface area contributed by atoms with Crippen LogP contribution in [0.4, 0.5) is 4.79 Å². The number of nitrogens with two attached hydrogens (primary N) is 1. The van der Waals surface area contributed by atoms with Gasteiger partial charge in [0.2, 0.25) is 5.88 Å². The van der Waals surface area contributed by atoms with E-state index in [1.807, 2.05) is 0 Å². The molecular weight excluding hydrogens is 408 g/mol. The summed E-state index contributed by atoms with van der Waals surface area (Å²) in [6.45, 7) is 0. The summed E-state index contributed by atoms with van der Waals surface area (Å²) in [5, 5.41) is 2.97. The molecule has 1 aromatic rings. The minimum atomic E-state index is -0.571. The Kier molecular flexibility index (Phi) is 5.78. The summed E-state index contributed by atoms with van der Waals surface area (Å²) >= 11 is 0. The van der Waals surface area contributed by atoms with Crippen molar-refractivity contribution in [3.05, 3.63) is 23.9 Å². The van der Waals surface area contributed by atoms with Gasteiger partial charge in [0.1, 0.15) is 17.7 Å². The number of amides is 4. The number of ether oxygens (including phenoxy) is 1. The first-order valence-electron chi connectivity index (χ1n) is 12.0. The van der Waals surface area contributed by atoms with E-state index in [1.54, 1.807) is 18.3 Å². The molecule has 5 fully saturated rings. The lowest BCUT2D eigenvalue weighted by atomic mass is 9.63. The summed E-state index contributed by atoms with van der Waals surface area (Å²) in [7, 11) is 0. The van der Waals surface area contributed by atoms with Gasteiger partial charge in [0, 0.05) is 12.2 Å². The molecule has 32 heavy (non-hydrogen) atoms. The van der Waals surface area contributed by atoms with Gasteiger partial charge in [0.25, 0.3) is 11.8 Å². The number of fused-ring (bicyclic) bond motifs is 3. The molecule has 8 nitrogen and oxygen atoms in total. The Morgan fingerprint density at radius 3 is 2.53 bits per heavy atom. The minimum absolute atomic E-state index is 0.0541. The minimum Gasteiger partial charge on any atom is -0.474 e. The number of pyridine rings is 1. The zero-order valence-electron chi connectivity index (χ0n) is 18.4. The zero-order valence-corrected chi connectivity index (χ0v) is 18.4. The quantitative estimate of drug-likeness (QED) is 0.660. The third kappa shape index (κ3) is 4.07. The first kappa shape index (κ1) is 21.2. The number of nitrogens with zero attached hydrogens (tertiary/aromatic N) is 2. The molecule has 5 aliphatic rings. The van der Waals surface area contributed by atoms with Crippen LogP contribution in [0.2, 0.25) is 0 Å². The monoisotopic (exact) mass is 440 g/mol. The highest BCUT2D eigenvalue weighted by Gasteiger charge is 2.46. The molecule has 1 saturated heterocycles. The van der Waals surface area contributed by atoms with Crippen molar-refractivity contribution >= 4 is 17.8 Å². The van der Waals surface area contributed by atoms with E-state index >= 15 is 0 Å². The standard InChI is InChI=1S/C24H32N4O4/c25-21(29)19-2-1-11-26-22(19)32-18-9-7-17(8-10-18)28-23(30)20(27-24(28)31)13-16-12-14-3-5-15(16)6-4-14/h1-2,11,14-18,20H,3-10,12-13H2,(H2,25,29)(H,27,31). The van der Waals surface area contributed by atoms with Crippen LogP contribution in [0, 0.1) is 17.8 Å². The predicted octanol–water partition coefficient (Wildman–Crippen LogP) is 3.01. The molecule has 2 unspecified atom stereocenters. The number of nitrogens with one attached hydrogen (secondary N) is 1. The largest absolute Gasteiger partial charge is 0.474 e. The molecule has 4 saturated carbocycles. The lowest BCUT2D eigenvalue weighted by Gasteiger charge is -2.43. The number of carbonyl (C=O) groups excluding carboxylic acids is 3. The molecule has 2 bridgehead atoms. The second-order valence-corrected chi connectivity index (χ2v) is 9.99. The van der Waals surface area contributed by atoms with Crippen molar-refractivity contribution in [1.82, 2.24) is 15.2 Å². The van der Waals surface area contributed by atoms with Crippen LogP contribution in [0.1, 0.15) is 74.6 Å². The van der Waals surface area contributed by atoms with E-state index in [1.165, 1.54) is 37.0 Å². The van der Waals surface area contributed by atoms with Crippen molar-refractivity contribution in [3.8, 4) is 5.88 Å². The number of hydrogen-bond donors (Lipinski definition) is 2. The molecule has 1 aromatic heterocycles. The van der Waals surface area contributed by atoms with Gasteiger partial charge >= 0.3 is 6.03 Å². The van der Waals surface area contributed by atoms with E-state index in [2.05, 4.69) is 10.3 Å². The Hall–Kier alpha value is -2.64. The second kappa shape index (κ2) is 8.71. The molecule has 0 aromatic carbocycles. The fraction of sp³-hybridized carbons (Fsp3) is 0.667. The molecule has 4 aliphatic carbocycles. The number of aromatic nitrogens is 1. The predicted molar refractivity (Wildman–Crippen MR) is 117 cm³/mol. The van der Waals surface area contributed by atoms with E-state index in [9.17, 15) is 14.4 Å². The third-order valence-electron chi connectivity index (χ3n) is 8.11. The molecule has 8 heteroatoms. The van der Waals surface area contributed by atoms with Crippen molar-refractivity contribution in [2.75, 3.05) is 0 Å². The van der Waals surface area contributed by atoms with Crippen LogP contribution in [0.3, 0.4) is 0 Å². The van der Waals surface area contributed by atoms with Gasteiger partial charge in [-0.05, 0) is 81.3 Å². The van der Waals surface area contributed by atoms with Gasteiger partial charge in [-0.25, -0.2) is 9.78 Å². The van der Waals surface area contributed by atoms with Crippen LogP contribution in [0.15, 0.2) is 18.3 Å². The van der Waals surface area contributed by atoms with Crippen LogP contribution in [0.25, 0.3) is 0 Å². The third-order valence-corrected chi connectivity index (χ3v) is 8.11. The number of hydrogen-bond acceptors (Lipinski definition) is 5. The summed E-state index contributed by atoms with van der Waals surface area (Å²) in [5.74, 6) is 1.74. The molecule has 0 radical (unpaired) electrons.